The molecule has 1 atom stereocenters. The van der Waals surface area contributed by atoms with Crippen LogP contribution in [0.3, 0.4) is 0 Å². The van der Waals surface area contributed by atoms with Crippen LogP contribution in [0.5, 0.6) is 0 Å². The van der Waals surface area contributed by atoms with Gasteiger partial charge in [-0.1, -0.05) is 56.1 Å². The molecule has 3 heteroatoms. The van der Waals surface area contributed by atoms with Crippen LogP contribution in [0.1, 0.15) is 26.4 Å². The van der Waals surface area contributed by atoms with Gasteiger partial charge in [-0.3, -0.25) is 0 Å². The summed E-state index contributed by atoms with van der Waals surface area (Å²) in [7, 11) is 0. The molecule has 0 saturated carbocycles. The number of benzene rings is 2. The molecule has 0 nitrogen and oxygen atoms in total. The monoisotopic (exact) mass is 408 g/mol. The quantitative estimate of drug-likeness (QED) is 0.410. The van der Waals surface area contributed by atoms with Gasteiger partial charge >= 0.3 is 0 Å². The maximum Gasteiger partial charge on any atom is 0.0741 e. The fourth-order valence-electron chi connectivity index (χ4n) is 2.36. The first-order valence-corrected chi connectivity index (χ1v) is 8.98. The lowest BCUT2D eigenvalue weighted by atomic mass is 10.0. The van der Waals surface area contributed by atoms with Crippen molar-refractivity contribution in [3.05, 3.63) is 68.5 Å². The molecule has 1 aromatic heterocycles. The first-order chi connectivity index (χ1) is 9.56. The van der Waals surface area contributed by atoms with Crippen molar-refractivity contribution in [3.63, 3.8) is 0 Å². The van der Waals surface area contributed by atoms with Gasteiger partial charge < -0.3 is 0 Å². The van der Waals surface area contributed by atoms with E-state index in [1.807, 2.05) is 11.3 Å². The second kappa shape index (κ2) is 5.63. The van der Waals surface area contributed by atoms with Crippen LogP contribution in [0.15, 0.2) is 46.9 Å². The van der Waals surface area contributed by atoms with Crippen LogP contribution in [0.4, 0.5) is 0 Å². The summed E-state index contributed by atoms with van der Waals surface area (Å²) in [5, 5.41) is 1.32. The average molecular weight is 410 g/mol. The highest BCUT2D eigenvalue weighted by atomic mass is 79.9. The summed E-state index contributed by atoms with van der Waals surface area (Å²) in [6.45, 7) is 4.30. The number of aryl methyl sites for hydroxylation is 2. The lowest BCUT2D eigenvalue weighted by molar-refractivity contribution is 1.16. The van der Waals surface area contributed by atoms with E-state index in [0.29, 0.717) is 0 Å². The van der Waals surface area contributed by atoms with Crippen molar-refractivity contribution in [2.75, 3.05) is 0 Å². The standard InChI is InChI=1S/C17H14Br2S/c1-10-8-14(18)11(2)7-13(10)17(19)16-9-12-5-3-4-6-15(12)20-16/h3-9,17H,1-2H3. The molecule has 0 aliphatic rings. The molecule has 0 N–H and O–H groups in total. The average Bonchev–Trinajstić information content (AvgIpc) is 2.86. The van der Waals surface area contributed by atoms with Crippen LogP contribution in [-0.4, -0.2) is 0 Å². The highest BCUT2D eigenvalue weighted by molar-refractivity contribution is 9.10. The van der Waals surface area contributed by atoms with E-state index in [-0.39, 0.29) is 4.83 Å². The highest BCUT2D eigenvalue weighted by Crippen LogP contribution is 2.40. The summed E-state index contributed by atoms with van der Waals surface area (Å²) in [4.78, 5) is 1.61. The Morgan fingerprint density at radius 2 is 1.75 bits per heavy atom. The summed E-state index contributed by atoms with van der Waals surface area (Å²) in [6.07, 6.45) is 0. The molecule has 0 aliphatic heterocycles. The van der Waals surface area contributed by atoms with Gasteiger partial charge in [0.1, 0.15) is 0 Å². The van der Waals surface area contributed by atoms with E-state index in [4.69, 9.17) is 0 Å². The Morgan fingerprint density at radius 1 is 1.00 bits per heavy atom. The molecule has 1 heterocycles. The van der Waals surface area contributed by atoms with E-state index in [1.54, 1.807) is 0 Å². The van der Waals surface area contributed by atoms with Gasteiger partial charge in [-0.15, -0.1) is 11.3 Å². The number of thiophene rings is 1. The molecule has 0 amide bonds. The van der Waals surface area contributed by atoms with Gasteiger partial charge in [0.25, 0.3) is 0 Å². The number of hydrogen-bond donors (Lipinski definition) is 0. The maximum atomic E-state index is 3.88. The van der Waals surface area contributed by atoms with Crippen molar-refractivity contribution in [3.8, 4) is 0 Å². The maximum absolute atomic E-state index is 3.88. The van der Waals surface area contributed by atoms with Crippen molar-refractivity contribution in [1.82, 2.24) is 0 Å². The number of rotatable bonds is 2. The first kappa shape index (κ1) is 14.3. The minimum atomic E-state index is 0.256. The van der Waals surface area contributed by atoms with E-state index in [0.717, 1.165) is 0 Å². The predicted octanol–water partition coefficient (Wildman–Crippen LogP) is 6.76. The third-order valence-electron chi connectivity index (χ3n) is 3.51. The first-order valence-electron chi connectivity index (χ1n) is 6.45. The molecule has 0 aliphatic carbocycles. The third kappa shape index (κ3) is 2.59. The van der Waals surface area contributed by atoms with E-state index >= 15 is 0 Å². The second-order valence-corrected chi connectivity index (χ2v) is 7.89. The van der Waals surface area contributed by atoms with Crippen molar-refractivity contribution in [1.29, 1.82) is 0 Å². The molecular weight excluding hydrogens is 396 g/mol. The van der Waals surface area contributed by atoms with Gasteiger partial charge in [-0.25, -0.2) is 0 Å². The summed E-state index contributed by atoms with van der Waals surface area (Å²) in [5.41, 5.74) is 3.93. The molecule has 3 rings (SSSR count). The molecule has 20 heavy (non-hydrogen) atoms. The topological polar surface area (TPSA) is 0 Å². The van der Waals surface area contributed by atoms with E-state index < -0.39 is 0 Å². The van der Waals surface area contributed by atoms with Crippen LogP contribution < -0.4 is 0 Å². The molecule has 0 radical (unpaired) electrons. The lowest BCUT2D eigenvalue weighted by Crippen LogP contribution is -1.95. The van der Waals surface area contributed by atoms with Crippen molar-refractivity contribution < 1.29 is 0 Å². The molecule has 0 spiro atoms. The summed E-state index contributed by atoms with van der Waals surface area (Å²) in [6, 6.07) is 15.3. The third-order valence-corrected chi connectivity index (χ3v) is 6.84. The zero-order valence-electron chi connectivity index (χ0n) is 11.3. The fourth-order valence-corrected chi connectivity index (χ4v) is 4.78. The Hall–Kier alpha value is -0.640. The molecule has 3 aromatic rings. The second-order valence-electron chi connectivity index (χ2n) is 5.01. The smallest absolute Gasteiger partial charge is 0.0741 e. The molecule has 102 valence electrons. The van der Waals surface area contributed by atoms with Crippen LogP contribution in [0.2, 0.25) is 0 Å². The van der Waals surface area contributed by atoms with Crippen LogP contribution >= 0.6 is 43.2 Å². The Kier molecular flexibility index (Phi) is 4.02. The lowest BCUT2D eigenvalue weighted by Gasteiger charge is -2.13. The zero-order valence-corrected chi connectivity index (χ0v) is 15.3. The molecular formula is C17H14Br2S. The molecule has 1 unspecified atom stereocenters. The summed E-state index contributed by atoms with van der Waals surface area (Å²) >= 11 is 9.34. The van der Waals surface area contributed by atoms with E-state index in [2.05, 4.69) is 88.2 Å². The van der Waals surface area contributed by atoms with Crippen molar-refractivity contribution in [2.24, 2.45) is 0 Å². The van der Waals surface area contributed by atoms with Gasteiger partial charge in [-0.2, -0.15) is 0 Å². The number of fused-ring (bicyclic) bond motifs is 1. The SMILES string of the molecule is Cc1cc(C(Br)c2cc3ccccc3s2)c(C)cc1Br. The van der Waals surface area contributed by atoms with Crippen LogP contribution in [0.25, 0.3) is 10.1 Å². The summed E-state index contributed by atoms with van der Waals surface area (Å²) < 4.78 is 2.52. The number of hydrogen-bond acceptors (Lipinski definition) is 1. The summed E-state index contributed by atoms with van der Waals surface area (Å²) in [5.74, 6) is 0. The van der Waals surface area contributed by atoms with Gasteiger partial charge in [0.2, 0.25) is 0 Å². The van der Waals surface area contributed by atoms with Crippen LogP contribution in [-0.2, 0) is 0 Å². The zero-order chi connectivity index (χ0) is 14.3. The van der Waals surface area contributed by atoms with Gasteiger partial charge in [0.05, 0.1) is 4.83 Å². The van der Waals surface area contributed by atoms with E-state index in [9.17, 15) is 0 Å². The minimum Gasteiger partial charge on any atom is -0.139 e. The fraction of sp³-hybridized carbons (Fsp3) is 0.176. The van der Waals surface area contributed by atoms with Gasteiger partial charge in [-0.05, 0) is 54.1 Å². The number of halogens is 2. The molecule has 2 aromatic carbocycles. The normalized spacial score (nSPS) is 12.8. The predicted molar refractivity (Wildman–Crippen MR) is 96.2 cm³/mol. The number of alkyl halides is 1. The molecule has 0 fully saturated rings. The van der Waals surface area contributed by atoms with Crippen molar-refractivity contribution >= 4 is 53.3 Å². The Morgan fingerprint density at radius 3 is 2.50 bits per heavy atom. The Bertz CT molecular complexity index is 741. The molecule has 0 bridgehead atoms. The van der Waals surface area contributed by atoms with Crippen molar-refractivity contribution in [2.45, 2.75) is 18.7 Å². The van der Waals surface area contributed by atoms with Gasteiger partial charge in [0, 0.05) is 14.0 Å². The Labute approximate surface area is 140 Å². The minimum absolute atomic E-state index is 0.256. The molecule has 0 saturated heterocycles. The van der Waals surface area contributed by atoms with Crippen LogP contribution in [0, 0.1) is 13.8 Å². The van der Waals surface area contributed by atoms with E-state index in [1.165, 1.54) is 36.1 Å². The highest BCUT2D eigenvalue weighted by Gasteiger charge is 2.16. The largest absolute Gasteiger partial charge is 0.139 e. The Balaban J connectivity index is 2.07. The van der Waals surface area contributed by atoms with Gasteiger partial charge in [0.15, 0.2) is 0 Å².